The van der Waals surface area contributed by atoms with Gasteiger partial charge in [-0.2, -0.15) is 5.26 Å². The second-order valence-corrected chi connectivity index (χ2v) is 5.48. The lowest BCUT2D eigenvalue weighted by atomic mass is 10.1. The van der Waals surface area contributed by atoms with Gasteiger partial charge in [0.25, 0.3) is 0 Å². The zero-order valence-corrected chi connectivity index (χ0v) is 12.1. The summed E-state index contributed by atoms with van der Waals surface area (Å²) >= 11 is 0. The van der Waals surface area contributed by atoms with Gasteiger partial charge in [-0.15, -0.1) is 0 Å². The number of benzene rings is 1. The summed E-state index contributed by atoms with van der Waals surface area (Å²) in [5.74, 6) is 0.371. The number of hydrogen-bond donors (Lipinski definition) is 2. The van der Waals surface area contributed by atoms with Crippen LogP contribution >= 0.6 is 0 Å². The van der Waals surface area contributed by atoms with E-state index >= 15 is 0 Å². The van der Waals surface area contributed by atoms with Gasteiger partial charge in [-0.05, 0) is 50.0 Å². The van der Waals surface area contributed by atoms with E-state index in [0.29, 0.717) is 23.6 Å². The van der Waals surface area contributed by atoms with Crippen molar-refractivity contribution in [2.75, 3.05) is 31.6 Å². The maximum Gasteiger partial charge on any atom is 0.224 e. The van der Waals surface area contributed by atoms with E-state index in [0.717, 1.165) is 32.5 Å². The van der Waals surface area contributed by atoms with Crippen LogP contribution in [0.4, 0.5) is 5.69 Å². The fourth-order valence-electron chi connectivity index (χ4n) is 2.62. The van der Waals surface area contributed by atoms with Crippen molar-refractivity contribution in [1.29, 1.82) is 5.26 Å². The first-order valence-electron chi connectivity index (χ1n) is 7.34. The Bertz CT molecular complexity index is 524. The molecule has 1 fully saturated rings. The number of nitrogens with one attached hydrogen (secondary N) is 1. The van der Waals surface area contributed by atoms with Gasteiger partial charge in [0.15, 0.2) is 0 Å². The lowest BCUT2D eigenvalue weighted by molar-refractivity contribution is -0.116. The van der Waals surface area contributed by atoms with Crippen molar-refractivity contribution in [2.24, 2.45) is 5.92 Å². The monoisotopic (exact) mass is 287 g/mol. The van der Waals surface area contributed by atoms with Crippen molar-refractivity contribution in [3.63, 3.8) is 0 Å². The van der Waals surface area contributed by atoms with Crippen LogP contribution in [0.3, 0.4) is 0 Å². The molecule has 1 aliphatic heterocycles. The average Bonchev–Trinajstić information content (AvgIpc) is 2.95. The van der Waals surface area contributed by atoms with Gasteiger partial charge in [-0.1, -0.05) is 6.07 Å². The molecule has 0 aliphatic carbocycles. The highest BCUT2D eigenvalue weighted by molar-refractivity contribution is 5.90. The number of anilines is 1. The highest BCUT2D eigenvalue weighted by Gasteiger charge is 2.21. The van der Waals surface area contributed by atoms with Crippen LogP contribution in [0, 0.1) is 17.2 Å². The summed E-state index contributed by atoms with van der Waals surface area (Å²) in [4.78, 5) is 14.1. The summed E-state index contributed by atoms with van der Waals surface area (Å²) in [5, 5.41) is 20.7. The molecule has 0 radical (unpaired) electrons. The number of aliphatic hydroxyl groups excluding tert-OH is 1. The Kier molecular flexibility index (Phi) is 5.73. The van der Waals surface area contributed by atoms with Gasteiger partial charge in [-0.3, -0.25) is 4.79 Å². The molecule has 5 nitrogen and oxygen atoms in total. The molecule has 1 aromatic rings. The molecule has 1 atom stereocenters. The van der Waals surface area contributed by atoms with E-state index in [1.807, 2.05) is 0 Å². The number of likely N-dealkylation sites (tertiary alicyclic amines) is 1. The molecule has 0 spiro atoms. The van der Waals surface area contributed by atoms with Crippen LogP contribution in [-0.4, -0.2) is 42.2 Å². The molecular weight excluding hydrogens is 266 g/mol. The number of nitrogens with zero attached hydrogens (tertiary/aromatic N) is 2. The third-order valence-corrected chi connectivity index (χ3v) is 3.78. The van der Waals surface area contributed by atoms with Crippen LogP contribution in [0.15, 0.2) is 24.3 Å². The van der Waals surface area contributed by atoms with Gasteiger partial charge in [0.1, 0.15) is 0 Å². The third kappa shape index (κ3) is 4.85. The first kappa shape index (κ1) is 15.5. The maximum absolute atomic E-state index is 11.9. The molecule has 1 aromatic carbocycles. The summed E-state index contributed by atoms with van der Waals surface area (Å²) in [6.07, 6.45) is 2.32. The minimum atomic E-state index is -0.0250. The number of carbonyl (C=O) groups excluding carboxylic acids is 1. The Morgan fingerprint density at radius 3 is 3.10 bits per heavy atom. The Labute approximate surface area is 125 Å². The second kappa shape index (κ2) is 7.77. The largest absolute Gasteiger partial charge is 0.396 e. The Morgan fingerprint density at radius 2 is 2.38 bits per heavy atom. The standard InChI is InChI=1S/C16H21N3O2/c17-10-13-3-1-4-15(9-13)18-16(21)5-2-7-19-8-6-14(11-19)12-20/h1,3-4,9,14,20H,2,5-8,11-12H2,(H,18,21). The summed E-state index contributed by atoms with van der Waals surface area (Å²) in [6.45, 7) is 3.09. The predicted molar refractivity (Wildman–Crippen MR) is 80.7 cm³/mol. The number of nitriles is 1. The quantitative estimate of drug-likeness (QED) is 0.833. The molecule has 0 aromatic heterocycles. The number of carbonyl (C=O) groups is 1. The van der Waals surface area contributed by atoms with E-state index in [-0.39, 0.29) is 12.5 Å². The molecular formula is C16H21N3O2. The fourth-order valence-corrected chi connectivity index (χ4v) is 2.62. The lowest BCUT2D eigenvalue weighted by Crippen LogP contribution is -2.24. The first-order chi connectivity index (χ1) is 10.2. The lowest BCUT2D eigenvalue weighted by Gasteiger charge is -2.15. The first-order valence-corrected chi connectivity index (χ1v) is 7.34. The van der Waals surface area contributed by atoms with Crippen molar-refractivity contribution in [3.05, 3.63) is 29.8 Å². The van der Waals surface area contributed by atoms with Crippen molar-refractivity contribution < 1.29 is 9.90 Å². The molecule has 1 heterocycles. The zero-order chi connectivity index (χ0) is 15.1. The second-order valence-electron chi connectivity index (χ2n) is 5.48. The topological polar surface area (TPSA) is 76.4 Å². The Morgan fingerprint density at radius 1 is 1.52 bits per heavy atom. The Hall–Kier alpha value is -1.90. The van der Waals surface area contributed by atoms with Crippen LogP contribution in [0.5, 0.6) is 0 Å². The molecule has 2 rings (SSSR count). The average molecular weight is 287 g/mol. The molecule has 1 unspecified atom stereocenters. The predicted octanol–water partition coefficient (Wildman–Crippen LogP) is 1.59. The zero-order valence-electron chi connectivity index (χ0n) is 12.1. The number of aliphatic hydroxyl groups is 1. The summed E-state index contributed by atoms with van der Waals surface area (Å²) in [6, 6.07) is 8.97. The molecule has 112 valence electrons. The fraction of sp³-hybridized carbons (Fsp3) is 0.500. The number of amides is 1. The van der Waals surface area contributed by atoms with Gasteiger partial charge in [0.2, 0.25) is 5.91 Å². The normalized spacial score (nSPS) is 18.4. The van der Waals surface area contributed by atoms with Crippen molar-refractivity contribution >= 4 is 11.6 Å². The molecule has 1 amide bonds. The molecule has 2 N–H and O–H groups in total. The number of hydrogen-bond acceptors (Lipinski definition) is 4. The summed E-state index contributed by atoms with van der Waals surface area (Å²) < 4.78 is 0. The maximum atomic E-state index is 11.9. The minimum absolute atomic E-state index is 0.0250. The highest BCUT2D eigenvalue weighted by atomic mass is 16.3. The van der Waals surface area contributed by atoms with Crippen LogP contribution in [0.25, 0.3) is 0 Å². The van der Waals surface area contributed by atoms with Crippen molar-refractivity contribution in [1.82, 2.24) is 4.90 Å². The van der Waals surface area contributed by atoms with E-state index in [1.165, 1.54) is 0 Å². The van der Waals surface area contributed by atoms with Crippen molar-refractivity contribution in [3.8, 4) is 6.07 Å². The van der Waals surface area contributed by atoms with Crippen LogP contribution in [0.2, 0.25) is 0 Å². The molecule has 5 heteroatoms. The van der Waals surface area contributed by atoms with E-state index in [4.69, 9.17) is 10.4 Å². The molecule has 0 saturated carbocycles. The molecule has 1 aliphatic rings. The Balaban J connectivity index is 1.69. The third-order valence-electron chi connectivity index (χ3n) is 3.78. The van der Waals surface area contributed by atoms with Gasteiger partial charge in [0.05, 0.1) is 11.6 Å². The highest BCUT2D eigenvalue weighted by Crippen LogP contribution is 2.16. The van der Waals surface area contributed by atoms with Gasteiger partial charge < -0.3 is 15.3 Å². The van der Waals surface area contributed by atoms with Crippen LogP contribution in [0.1, 0.15) is 24.8 Å². The van der Waals surface area contributed by atoms with E-state index in [1.54, 1.807) is 24.3 Å². The minimum Gasteiger partial charge on any atom is -0.396 e. The van der Waals surface area contributed by atoms with Crippen molar-refractivity contribution in [2.45, 2.75) is 19.3 Å². The summed E-state index contributed by atoms with van der Waals surface area (Å²) in [7, 11) is 0. The van der Waals surface area contributed by atoms with E-state index in [2.05, 4.69) is 16.3 Å². The van der Waals surface area contributed by atoms with Crippen LogP contribution < -0.4 is 5.32 Å². The van der Waals surface area contributed by atoms with Crippen LogP contribution in [-0.2, 0) is 4.79 Å². The van der Waals surface area contributed by atoms with Gasteiger partial charge in [0, 0.05) is 25.3 Å². The van der Waals surface area contributed by atoms with Gasteiger partial charge >= 0.3 is 0 Å². The smallest absolute Gasteiger partial charge is 0.224 e. The summed E-state index contributed by atoms with van der Waals surface area (Å²) in [5.41, 5.74) is 1.21. The number of rotatable bonds is 6. The van der Waals surface area contributed by atoms with Gasteiger partial charge in [-0.25, -0.2) is 0 Å². The molecule has 1 saturated heterocycles. The molecule has 0 bridgehead atoms. The molecule has 21 heavy (non-hydrogen) atoms. The SMILES string of the molecule is N#Cc1cccc(NC(=O)CCCN2CCC(CO)C2)c1. The van der Waals surface area contributed by atoms with E-state index < -0.39 is 0 Å². The van der Waals surface area contributed by atoms with E-state index in [9.17, 15) is 4.79 Å².